The van der Waals surface area contributed by atoms with E-state index in [4.69, 9.17) is 11.5 Å². The molecule has 2 aromatic rings. The fraction of sp³-hybridized carbons (Fsp3) is 0.632. The number of hydrogen-bond acceptors (Lipinski definition) is 4. The van der Waals surface area contributed by atoms with Crippen molar-refractivity contribution in [2.75, 3.05) is 0 Å². The molecule has 10 atom stereocenters. The monoisotopic (exact) mass is 564 g/mol. The minimum atomic E-state index is -0.246. The zero-order valence-corrected chi connectivity index (χ0v) is 25.5. The first-order valence-corrected chi connectivity index (χ1v) is 17.0. The van der Waals surface area contributed by atoms with Crippen molar-refractivity contribution in [2.45, 2.75) is 115 Å². The molecule has 6 aliphatic carbocycles. The summed E-state index contributed by atoms with van der Waals surface area (Å²) in [6.07, 6.45) is 12.7. The molecular formula is C38H48N2O2. The molecule has 0 bridgehead atoms. The van der Waals surface area contributed by atoms with Crippen molar-refractivity contribution in [3.8, 4) is 0 Å². The second kappa shape index (κ2) is 9.60. The molecule has 42 heavy (non-hydrogen) atoms. The van der Waals surface area contributed by atoms with Gasteiger partial charge < -0.3 is 11.5 Å². The van der Waals surface area contributed by atoms with Crippen molar-refractivity contribution >= 4 is 11.6 Å². The van der Waals surface area contributed by atoms with E-state index in [1.165, 1.54) is 35.1 Å². The first kappa shape index (κ1) is 27.3. The summed E-state index contributed by atoms with van der Waals surface area (Å²) in [5, 5.41) is 0. The summed E-state index contributed by atoms with van der Waals surface area (Å²) >= 11 is 0. The standard InChI is InChI=1S/C38H48N2O2/c1-37-17-15-27-25-7-5-23(19-21(25)3-9-29(27)31(37)11-13-33(37)41)35(39)36(40)24-6-8-26-22(20-24)4-10-30-28(26)16-18-38(2)32(30)12-14-34(38)42/h5-8,19-20,27-32,35-36H,3-4,9-18,39-40H2,1-2H3/t27-,28+,29-,30+,31+,32-,35-,36-,37+,38-/m1/s1. The van der Waals surface area contributed by atoms with E-state index in [-0.39, 0.29) is 22.9 Å². The number of Topliss-reactive ketones (excluding diaryl/α,β-unsaturated/α-hetero) is 2. The van der Waals surface area contributed by atoms with Crippen LogP contribution in [0.1, 0.15) is 135 Å². The summed E-state index contributed by atoms with van der Waals surface area (Å²) in [5.74, 6) is 4.61. The number of carbonyl (C=O) groups is 2. The Hall–Kier alpha value is -2.30. The maximum atomic E-state index is 12.7. The lowest BCUT2D eigenvalue weighted by Crippen LogP contribution is -2.42. The third-order valence-corrected chi connectivity index (χ3v) is 14.1. The van der Waals surface area contributed by atoms with E-state index in [2.05, 4.69) is 50.2 Å². The lowest BCUT2D eigenvalue weighted by Gasteiger charge is -2.48. The fourth-order valence-corrected chi connectivity index (χ4v) is 11.6. The molecule has 4 saturated carbocycles. The van der Waals surface area contributed by atoms with Gasteiger partial charge >= 0.3 is 0 Å². The van der Waals surface area contributed by atoms with Crippen molar-refractivity contribution in [1.82, 2.24) is 0 Å². The van der Waals surface area contributed by atoms with Crippen LogP contribution in [0.5, 0.6) is 0 Å². The predicted octanol–water partition coefficient (Wildman–Crippen LogP) is 7.24. The normalized spacial score (nSPS) is 39.8. The third-order valence-electron chi connectivity index (χ3n) is 14.1. The Bertz CT molecular complexity index is 1350. The molecule has 0 unspecified atom stereocenters. The highest BCUT2D eigenvalue weighted by Gasteiger charge is 2.55. The summed E-state index contributed by atoms with van der Waals surface area (Å²) < 4.78 is 0. The maximum Gasteiger partial charge on any atom is 0.139 e. The lowest BCUT2D eigenvalue weighted by atomic mass is 9.55. The topological polar surface area (TPSA) is 86.2 Å². The second-order valence-corrected chi connectivity index (χ2v) is 15.6. The van der Waals surface area contributed by atoms with Crippen LogP contribution in [0.4, 0.5) is 0 Å². The van der Waals surface area contributed by atoms with Crippen LogP contribution in [-0.4, -0.2) is 11.6 Å². The molecule has 222 valence electrons. The number of ketones is 2. The van der Waals surface area contributed by atoms with Crippen molar-refractivity contribution < 1.29 is 9.59 Å². The molecular weight excluding hydrogens is 516 g/mol. The number of benzene rings is 2. The summed E-state index contributed by atoms with van der Waals surface area (Å²) in [7, 11) is 0. The van der Waals surface area contributed by atoms with Gasteiger partial charge in [0.25, 0.3) is 0 Å². The van der Waals surface area contributed by atoms with Gasteiger partial charge in [0, 0.05) is 35.8 Å². The molecule has 8 rings (SSSR count). The summed E-state index contributed by atoms with van der Waals surface area (Å²) in [6, 6.07) is 13.4. The lowest BCUT2D eigenvalue weighted by molar-refractivity contribution is -0.130. The first-order valence-electron chi connectivity index (χ1n) is 17.0. The predicted molar refractivity (Wildman–Crippen MR) is 166 cm³/mol. The van der Waals surface area contributed by atoms with E-state index in [9.17, 15) is 9.59 Å². The summed E-state index contributed by atoms with van der Waals surface area (Å²) in [6.45, 7) is 4.51. The average molecular weight is 565 g/mol. The molecule has 6 aliphatic rings. The zero-order chi connectivity index (χ0) is 29.0. The van der Waals surface area contributed by atoms with Crippen LogP contribution in [-0.2, 0) is 22.4 Å². The largest absolute Gasteiger partial charge is 0.322 e. The van der Waals surface area contributed by atoms with E-state index in [0.717, 1.165) is 75.3 Å². The fourth-order valence-electron chi connectivity index (χ4n) is 11.6. The number of rotatable bonds is 3. The molecule has 0 radical (unpaired) electrons. The molecule has 4 heteroatoms. The van der Waals surface area contributed by atoms with E-state index >= 15 is 0 Å². The second-order valence-electron chi connectivity index (χ2n) is 15.6. The Morgan fingerprint density at radius 2 is 1.05 bits per heavy atom. The van der Waals surface area contributed by atoms with Gasteiger partial charge in [-0.05, 0) is 133 Å². The third kappa shape index (κ3) is 3.79. The maximum absolute atomic E-state index is 12.7. The minimum absolute atomic E-state index is 0.0728. The van der Waals surface area contributed by atoms with Gasteiger partial charge in [-0.1, -0.05) is 50.2 Å². The summed E-state index contributed by atoms with van der Waals surface area (Å²) in [4.78, 5) is 25.4. The SMILES string of the molecule is C[C@@]12CC[C@H]3c4ccc([C@@H](N)[C@H](N)c5ccc6c(c5)CC[C@@H]5[C@@H]6CC[C@]6(C)C(=O)CC[C@@H]56)cc4CC[C@@H]3[C@H]1CCC2=O. The highest BCUT2D eigenvalue weighted by atomic mass is 16.1. The van der Waals surface area contributed by atoms with Crippen molar-refractivity contribution in [2.24, 2.45) is 46.0 Å². The number of fused-ring (bicyclic) bond motifs is 10. The van der Waals surface area contributed by atoms with Crippen molar-refractivity contribution in [1.29, 1.82) is 0 Å². The minimum Gasteiger partial charge on any atom is -0.322 e. The Labute approximate surface area is 251 Å². The van der Waals surface area contributed by atoms with Gasteiger partial charge in [0.2, 0.25) is 0 Å². The van der Waals surface area contributed by atoms with Gasteiger partial charge in [-0.25, -0.2) is 0 Å². The Balaban J connectivity index is 1.01. The van der Waals surface area contributed by atoms with Gasteiger partial charge in [0.1, 0.15) is 11.6 Å². The average Bonchev–Trinajstić information content (AvgIpc) is 3.49. The number of aryl methyl sites for hydroxylation is 2. The van der Waals surface area contributed by atoms with E-state index in [1.54, 1.807) is 0 Å². The molecule has 0 aromatic heterocycles. The van der Waals surface area contributed by atoms with Gasteiger partial charge in [-0.3, -0.25) is 9.59 Å². The van der Waals surface area contributed by atoms with E-state index in [1.807, 2.05) is 0 Å². The molecule has 0 saturated heterocycles. The van der Waals surface area contributed by atoms with Gasteiger partial charge in [0.15, 0.2) is 0 Å². The van der Waals surface area contributed by atoms with Gasteiger partial charge in [0.05, 0.1) is 0 Å². The van der Waals surface area contributed by atoms with E-state index < -0.39 is 0 Å². The molecule has 4 nitrogen and oxygen atoms in total. The van der Waals surface area contributed by atoms with Crippen molar-refractivity contribution in [3.05, 3.63) is 69.8 Å². The smallest absolute Gasteiger partial charge is 0.139 e. The van der Waals surface area contributed by atoms with Gasteiger partial charge in [-0.15, -0.1) is 0 Å². The van der Waals surface area contributed by atoms with Gasteiger partial charge in [-0.2, -0.15) is 0 Å². The van der Waals surface area contributed by atoms with Crippen LogP contribution < -0.4 is 11.5 Å². The Morgan fingerprint density at radius 1 is 0.619 bits per heavy atom. The molecule has 4 N–H and O–H groups in total. The summed E-state index contributed by atoms with van der Waals surface area (Å²) in [5.41, 5.74) is 21.9. The quantitative estimate of drug-likeness (QED) is 0.412. The molecule has 0 amide bonds. The first-order chi connectivity index (χ1) is 20.2. The van der Waals surface area contributed by atoms with Crippen LogP contribution in [0, 0.1) is 34.5 Å². The molecule has 0 aliphatic heterocycles. The molecule has 2 aromatic carbocycles. The van der Waals surface area contributed by atoms with Crippen LogP contribution in [0.25, 0.3) is 0 Å². The van der Waals surface area contributed by atoms with E-state index in [0.29, 0.717) is 47.1 Å². The number of carbonyl (C=O) groups excluding carboxylic acids is 2. The van der Waals surface area contributed by atoms with Crippen LogP contribution in [0.3, 0.4) is 0 Å². The molecule has 0 heterocycles. The Kier molecular flexibility index (Phi) is 6.23. The van der Waals surface area contributed by atoms with Crippen LogP contribution >= 0.6 is 0 Å². The number of hydrogen-bond donors (Lipinski definition) is 2. The van der Waals surface area contributed by atoms with Crippen molar-refractivity contribution in [3.63, 3.8) is 0 Å². The Morgan fingerprint density at radius 3 is 1.48 bits per heavy atom. The van der Waals surface area contributed by atoms with Crippen LogP contribution in [0.2, 0.25) is 0 Å². The highest BCUT2D eigenvalue weighted by Crippen LogP contribution is 2.61. The molecule has 0 spiro atoms. The zero-order valence-electron chi connectivity index (χ0n) is 25.5. The van der Waals surface area contributed by atoms with Crippen LogP contribution in [0.15, 0.2) is 36.4 Å². The highest BCUT2D eigenvalue weighted by molar-refractivity contribution is 5.87. The molecule has 4 fully saturated rings. The number of nitrogens with two attached hydrogens (primary N) is 2.